The molecule has 0 saturated carbocycles. The minimum absolute atomic E-state index is 0.413. The molecule has 20 heavy (non-hydrogen) atoms. The quantitative estimate of drug-likeness (QED) is 0.787. The Morgan fingerprint density at radius 1 is 1.35 bits per heavy atom. The average Bonchev–Trinajstić information content (AvgIpc) is 3.12. The minimum atomic E-state index is 0.413. The van der Waals surface area contributed by atoms with Crippen molar-refractivity contribution in [2.24, 2.45) is 0 Å². The van der Waals surface area contributed by atoms with E-state index in [4.69, 9.17) is 9.15 Å². The van der Waals surface area contributed by atoms with Gasteiger partial charge >= 0.3 is 0 Å². The zero-order valence-corrected chi connectivity index (χ0v) is 11.5. The largest absolute Gasteiger partial charge is 0.467 e. The Labute approximate surface area is 119 Å². The van der Waals surface area contributed by atoms with Crippen LogP contribution in [0.4, 0.5) is 0 Å². The van der Waals surface area contributed by atoms with Crippen LogP contribution in [0.5, 0.6) is 0 Å². The monoisotopic (exact) mass is 272 g/mol. The van der Waals surface area contributed by atoms with Crippen LogP contribution < -0.4 is 5.32 Å². The third-order valence-corrected chi connectivity index (χ3v) is 3.64. The predicted octanol–water partition coefficient (Wildman–Crippen LogP) is 2.86. The first kappa shape index (κ1) is 13.3. The number of pyridine rings is 1. The summed E-state index contributed by atoms with van der Waals surface area (Å²) >= 11 is 0. The third-order valence-electron chi connectivity index (χ3n) is 3.64. The zero-order valence-electron chi connectivity index (χ0n) is 11.5. The number of ether oxygens (including phenoxy) is 1. The van der Waals surface area contributed by atoms with Crippen LogP contribution in [0.25, 0.3) is 0 Å². The maximum atomic E-state index is 5.56. The number of nitrogens with zero attached hydrogens (tertiary/aromatic N) is 1. The molecule has 3 rings (SSSR count). The van der Waals surface area contributed by atoms with E-state index in [0.717, 1.165) is 38.2 Å². The van der Waals surface area contributed by atoms with Gasteiger partial charge in [-0.05, 0) is 49.6 Å². The van der Waals surface area contributed by atoms with Crippen molar-refractivity contribution in [1.29, 1.82) is 0 Å². The van der Waals surface area contributed by atoms with E-state index >= 15 is 0 Å². The van der Waals surface area contributed by atoms with Gasteiger partial charge in [-0.1, -0.05) is 6.07 Å². The molecule has 1 aliphatic rings. The van der Waals surface area contributed by atoms with Crippen LogP contribution in [-0.4, -0.2) is 18.1 Å². The van der Waals surface area contributed by atoms with E-state index in [-0.39, 0.29) is 0 Å². The Balaban J connectivity index is 1.33. The lowest BCUT2D eigenvalue weighted by atomic mass is 10.2. The zero-order chi connectivity index (χ0) is 13.6. The van der Waals surface area contributed by atoms with Gasteiger partial charge in [0.25, 0.3) is 0 Å². The van der Waals surface area contributed by atoms with E-state index in [2.05, 4.69) is 16.4 Å². The molecule has 2 heterocycles. The van der Waals surface area contributed by atoms with E-state index in [0.29, 0.717) is 12.6 Å². The standard InChI is InChI=1S/C16H20N2O2/c1-4-13-6-7-15(16(13)18-8-1)17-9-3-10-19-12-14-5-2-11-20-14/h1-2,4-5,8,11,15,17H,3,6-7,9-10,12H2. The van der Waals surface area contributed by atoms with Crippen LogP contribution in [0, 0.1) is 0 Å². The van der Waals surface area contributed by atoms with E-state index in [1.807, 2.05) is 24.4 Å². The third kappa shape index (κ3) is 3.26. The summed E-state index contributed by atoms with van der Waals surface area (Å²) in [6, 6.07) is 8.42. The molecule has 1 unspecified atom stereocenters. The molecule has 0 fully saturated rings. The summed E-state index contributed by atoms with van der Waals surface area (Å²) in [7, 11) is 0. The molecule has 0 aromatic carbocycles. The first-order valence-corrected chi connectivity index (χ1v) is 7.21. The molecule has 2 aromatic rings. The average molecular weight is 272 g/mol. The van der Waals surface area contributed by atoms with Crippen molar-refractivity contribution < 1.29 is 9.15 Å². The van der Waals surface area contributed by atoms with E-state index in [1.54, 1.807) is 6.26 Å². The van der Waals surface area contributed by atoms with Crippen molar-refractivity contribution in [1.82, 2.24) is 10.3 Å². The molecule has 0 bridgehead atoms. The van der Waals surface area contributed by atoms with Crippen LogP contribution in [0.2, 0.25) is 0 Å². The van der Waals surface area contributed by atoms with Gasteiger partial charge in [-0.2, -0.15) is 0 Å². The molecule has 2 aromatic heterocycles. The lowest BCUT2D eigenvalue weighted by Crippen LogP contribution is -2.22. The van der Waals surface area contributed by atoms with Gasteiger partial charge in [0.1, 0.15) is 12.4 Å². The van der Waals surface area contributed by atoms with Crippen molar-refractivity contribution in [2.75, 3.05) is 13.2 Å². The summed E-state index contributed by atoms with van der Waals surface area (Å²) in [5.41, 5.74) is 2.61. The molecule has 1 atom stereocenters. The second kappa shape index (κ2) is 6.68. The number of furan rings is 1. The number of aryl methyl sites for hydroxylation is 1. The van der Waals surface area contributed by atoms with E-state index in [1.165, 1.54) is 11.3 Å². The van der Waals surface area contributed by atoms with Gasteiger partial charge in [-0.3, -0.25) is 4.98 Å². The molecule has 4 heteroatoms. The SMILES string of the molecule is c1coc(COCCCNC2CCc3cccnc32)c1. The highest BCUT2D eigenvalue weighted by molar-refractivity contribution is 5.27. The fourth-order valence-electron chi connectivity index (χ4n) is 2.63. The van der Waals surface area contributed by atoms with Crippen molar-refractivity contribution >= 4 is 0 Å². The molecule has 0 aliphatic heterocycles. The molecule has 1 N–H and O–H groups in total. The van der Waals surface area contributed by atoms with Crippen LogP contribution >= 0.6 is 0 Å². The normalized spacial score (nSPS) is 17.3. The lowest BCUT2D eigenvalue weighted by molar-refractivity contribution is 0.103. The van der Waals surface area contributed by atoms with Gasteiger partial charge in [0.05, 0.1) is 18.0 Å². The van der Waals surface area contributed by atoms with Gasteiger partial charge in [0.15, 0.2) is 0 Å². The van der Waals surface area contributed by atoms with Crippen LogP contribution in [0.15, 0.2) is 41.1 Å². The number of hydrogen-bond donors (Lipinski definition) is 1. The van der Waals surface area contributed by atoms with Crippen molar-refractivity contribution in [3.8, 4) is 0 Å². The Hall–Kier alpha value is -1.65. The Bertz CT molecular complexity index is 525. The van der Waals surface area contributed by atoms with Crippen molar-refractivity contribution in [3.05, 3.63) is 53.7 Å². The van der Waals surface area contributed by atoms with Gasteiger partial charge in [0.2, 0.25) is 0 Å². The lowest BCUT2D eigenvalue weighted by Gasteiger charge is -2.12. The summed E-state index contributed by atoms with van der Waals surface area (Å²) < 4.78 is 10.8. The molecule has 1 aliphatic carbocycles. The summed E-state index contributed by atoms with van der Waals surface area (Å²) in [4.78, 5) is 4.48. The summed E-state index contributed by atoms with van der Waals surface area (Å²) in [6.45, 7) is 2.26. The number of nitrogens with one attached hydrogen (secondary N) is 1. The summed E-state index contributed by atoms with van der Waals surface area (Å²) in [6.07, 6.45) is 6.84. The Morgan fingerprint density at radius 3 is 3.25 bits per heavy atom. The fourth-order valence-corrected chi connectivity index (χ4v) is 2.63. The van der Waals surface area contributed by atoms with Gasteiger partial charge < -0.3 is 14.5 Å². The predicted molar refractivity (Wildman–Crippen MR) is 76.3 cm³/mol. The molecule has 0 amide bonds. The Kier molecular flexibility index (Phi) is 4.46. The highest BCUT2D eigenvalue weighted by atomic mass is 16.5. The maximum Gasteiger partial charge on any atom is 0.129 e. The molecular weight excluding hydrogens is 252 g/mol. The first-order valence-electron chi connectivity index (χ1n) is 7.21. The van der Waals surface area contributed by atoms with Gasteiger partial charge in [0, 0.05) is 12.8 Å². The van der Waals surface area contributed by atoms with E-state index < -0.39 is 0 Å². The van der Waals surface area contributed by atoms with Crippen LogP contribution in [0.1, 0.15) is 35.9 Å². The van der Waals surface area contributed by atoms with Gasteiger partial charge in [-0.25, -0.2) is 0 Å². The molecule has 0 spiro atoms. The summed E-state index contributed by atoms with van der Waals surface area (Å²) in [5.74, 6) is 0.881. The number of fused-ring (bicyclic) bond motifs is 1. The second-order valence-corrected chi connectivity index (χ2v) is 5.08. The Morgan fingerprint density at radius 2 is 2.35 bits per heavy atom. The summed E-state index contributed by atoms with van der Waals surface area (Å²) in [5, 5.41) is 3.57. The molecule has 0 radical (unpaired) electrons. The maximum absolute atomic E-state index is 5.56. The molecule has 0 saturated heterocycles. The fraction of sp³-hybridized carbons (Fsp3) is 0.438. The van der Waals surface area contributed by atoms with E-state index in [9.17, 15) is 0 Å². The minimum Gasteiger partial charge on any atom is -0.467 e. The van der Waals surface area contributed by atoms with Crippen molar-refractivity contribution in [3.63, 3.8) is 0 Å². The van der Waals surface area contributed by atoms with Crippen LogP contribution in [0.3, 0.4) is 0 Å². The van der Waals surface area contributed by atoms with Gasteiger partial charge in [-0.15, -0.1) is 0 Å². The second-order valence-electron chi connectivity index (χ2n) is 5.08. The highest BCUT2D eigenvalue weighted by Crippen LogP contribution is 2.28. The first-order chi connectivity index (χ1) is 9.93. The van der Waals surface area contributed by atoms with Crippen molar-refractivity contribution in [2.45, 2.75) is 31.9 Å². The topological polar surface area (TPSA) is 47.3 Å². The highest BCUT2D eigenvalue weighted by Gasteiger charge is 2.22. The number of hydrogen-bond acceptors (Lipinski definition) is 4. The molecule has 4 nitrogen and oxygen atoms in total. The van der Waals surface area contributed by atoms with Crippen LogP contribution in [-0.2, 0) is 17.8 Å². The molecular formula is C16H20N2O2. The molecule has 106 valence electrons. The number of rotatable bonds is 7. The number of aromatic nitrogens is 1. The smallest absolute Gasteiger partial charge is 0.129 e.